The number of rotatable bonds is 6. The number of hydrogen-bond acceptors (Lipinski definition) is 3. The molecule has 20 heavy (non-hydrogen) atoms. The monoisotopic (exact) mass is 281 g/mol. The largest absolute Gasteiger partial charge is 0.355 e. The molecule has 1 saturated heterocycles. The smallest absolute Gasteiger partial charge is 0.234 e. The SMILES string of the molecule is C[C@@H]1CN(CC(=O)NCCCC2CCCC2)[C@@H](C)CN1. The molecule has 2 N–H and O–H groups in total. The van der Waals surface area contributed by atoms with Crippen molar-refractivity contribution in [3.05, 3.63) is 0 Å². The van der Waals surface area contributed by atoms with Gasteiger partial charge in [0, 0.05) is 31.7 Å². The number of hydrogen-bond donors (Lipinski definition) is 2. The zero-order valence-corrected chi connectivity index (χ0v) is 13.2. The van der Waals surface area contributed by atoms with E-state index in [0.29, 0.717) is 18.6 Å². The van der Waals surface area contributed by atoms with Gasteiger partial charge >= 0.3 is 0 Å². The van der Waals surface area contributed by atoms with E-state index in [-0.39, 0.29) is 5.91 Å². The first kappa shape index (κ1) is 15.8. The molecule has 2 rings (SSSR count). The van der Waals surface area contributed by atoms with E-state index in [1.165, 1.54) is 32.1 Å². The van der Waals surface area contributed by atoms with E-state index in [9.17, 15) is 4.79 Å². The van der Waals surface area contributed by atoms with Crippen molar-refractivity contribution in [3.63, 3.8) is 0 Å². The molecule has 1 aliphatic heterocycles. The lowest BCUT2D eigenvalue weighted by molar-refractivity contribution is -0.123. The van der Waals surface area contributed by atoms with Gasteiger partial charge in [0.2, 0.25) is 5.91 Å². The molecule has 0 radical (unpaired) electrons. The molecule has 1 amide bonds. The fourth-order valence-electron chi connectivity index (χ4n) is 3.48. The number of nitrogens with zero attached hydrogens (tertiary/aromatic N) is 1. The molecule has 0 aromatic rings. The van der Waals surface area contributed by atoms with Crippen LogP contribution in [0.4, 0.5) is 0 Å². The Morgan fingerprint density at radius 1 is 1.30 bits per heavy atom. The van der Waals surface area contributed by atoms with Crippen molar-refractivity contribution in [2.45, 2.75) is 64.5 Å². The second-order valence-electron chi connectivity index (χ2n) is 6.73. The van der Waals surface area contributed by atoms with Gasteiger partial charge in [-0.25, -0.2) is 0 Å². The molecule has 0 aromatic heterocycles. The average Bonchev–Trinajstić information content (AvgIpc) is 2.92. The topological polar surface area (TPSA) is 44.4 Å². The van der Waals surface area contributed by atoms with Crippen LogP contribution in [0.15, 0.2) is 0 Å². The summed E-state index contributed by atoms with van der Waals surface area (Å²) in [6.07, 6.45) is 8.08. The highest BCUT2D eigenvalue weighted by Gasteiger charge is 2.23. The molecule has 1 saturated carbocycles. The summed E-state index contributed by atoms with van der Waals surface area (Å²) in [6.45, 7) is 7.72. The van der Waals surface area contributed by atoms with Gasteiger partial charge in [0.15, 0.2) is 0 Å². The molecule has 2 atom stereocenters. The number of carbonyl (C=O) groups excluding carboxylic acids is 1. The maximum absolute atomic E-state index is 12.0. The lowest BCUT2D eigenvalue weighted by Crippen LogP contribution is -2.56. The van der Waals surface area contributed by atoms with Crippen molar-refractivity contribution in [2.75, 3.05) is 26.2 Å². The Kier molecular flexibility index (Phi) is 6.30. The quantitative estimate of drug-likeness (QED) is 0.729. The first-order valence-corrected chi connectivity index (χ1v) is 8.39. The molecule has 116 valence electrons. The maximum Gasteiger partial charge on any atom is 0.234 e. The normalized spacial score (nSPS) is 28.7. The minimum atomic E-state index is 0.192. The summed E-state index contributed by atoms with van der Waals surface area (Å²) in [5.74, 6) is 1.12. The van der Waals surface area contributed by atoms with Crippen molar-refractivity contribution in [1.82, 2.24) is 15.5 Å². The second kappa shape index (κ2) is 7.99. The molecule has 2 aliphatic rings. The lowest BCUT2D eigenvalue weighted by atomic mass is 10.0. The van der Waals surface area contributed by atoms with Gasteiger partial charge in [0.25, 0.3) is 0 Å². The highest BCUT2D eigenvalue weighted by atomic mass is 16.2. The van der Waals surface area contributed by atoms with Crippen LogP contribution in [0, 0.1) is 5.92 Å². The van der Waals surface area contributed by atoms with Gasteiger partial charge in [-0.15, -0.1) is 0 Å². The lowest BCUT2D eigenvalue weighted by Gasteiger charge is -2.36. The van der Waals surface area contributed by atoms with Crippen LogP contribution >= 0.6 is 0 Å². The van der Waals surface area contributed by atoms with Crippen LogP contribution in [-0.2, 0) is 4.79 Å². The van der Waals surface area contributed by atoms with Crippen LogP contribution in [0.5, 0.6) is 0 Å². The highest BCUT2D eigenvalue weighted by Crippen LogP contribution is 2.28. The summed E-state index contributed by atoms with van der Waals surface area (Å²) in [4.78, 5) is 14.3. The molecule has 4 nitrogen and oxygen atoms in total. The number of nitrogens with one attached hydrogen (secondary N) is 2. The molecule has 1 heterocycles. The van der Waals surface area contributed by atoms with Gasteiger partial charge in [-0.3, -0.25) is 9.69 Å². The molecule has 2 fully saturated rings. The first-order valence-electron chi connectivity index (χ1n) is 8.39. The van der Waals surface area contributed by atoms with E-state index < -0.39 is 0 Å². The Morgan fingerprint density at radius 2 is 2.05 bits per heavy atom. The maximum atomic E-state index is 12.0. The molecule has 1 aliphatic carbocycles. The van der Waals surface area contributed by atoms with Crippen molar-refractivity contribution < 1.29 is 4.79 Å². The third kappa shape index (κ3) is 5.06. The van der Waals surface area contributed by atoms with E-state index in [1.807, 2.05) is 0 Å². The Labute approximate surface area is 123 Å². The fourth-order valence-corrected chi connectivity index (χ4v) is 3.48. The summed E-state index contributed by atoms with van der Waals surface area (Å²) < 4.78 is 0. The van der Waals surface area contributed by atoms with Crippen molar-refractivity contribution in [3.8, 4) is 0 Å². The minimum absolute atomic E-state index is 0.192. The van der Waals surface area contributed by atoms with E-state index in [2.05, 4.69) is 29.4 Å². The van der Waals surface area contributed by atoms with Gasteiger partial charge in [-0.05, 0) is 32.6 Å². The van der Waals surface area contributed by atoms with E-state index in [1.54, 1.807) is 0 Å². The van der Waals surface area contributed by atoms with Crippen molar-refractivity contribution in [1.29, 1.82) is 0 Å². The molecule has 0 unspecified atom stereocenters. The summed E-state index contributed by atoms with van der Waals surface area (Å²) in [6, 6.07) is 0.941. The molecule has 0 bridgehead atoms. The number of amides is 1. The van der Waals surface area contributed by atoms with Gasteiger partial charge in [-0.2, -0.15) is 0 Å². The fraction of sp³-hybridized carbons (Fsp3) is 0.938. The number of piperazine rings is 1. The van der Waals surface area contributed by atoms with Gasteiger partial charge in [0.1, 0.15) is 0 Å². The average molecular weight is 281 g/mol. The van der Waals surface area contributed by atoms with Crippen LogP contribution in [-0.4, -0.2) is 49.1 Å². The van der Waals surface area contributed by atoms with Gasteiger partial charge < -0.3 is 10.6 Å². The van der Waals surface area contributed by atoms with E-state index in [4.69, 9.17) is 0 Å². The van der Waals surface area contributed by atoms with Gasteiger partial charge in [-0.1, -0.05) is 25.7 Å². The minimum Gasteiger partial charge on any atom is -0.355 e. The number of carbonyl (C=O) groups is 1. The summed E-state index contributed by atoms with van der Waals surface area (Å²) in [5.41, 5.74) is 0. The first-order chi connectivity index (χ1) is 9.65. The Balaban J connectivity index is 1.57. The highest BCUT2D eigenvalue weighted by molar-refractivity contribution is 5.78. The molecule has 4 heteroatoms. The van der Waals surface area contributed by atoms with Crippen LogP contribution in [0.25, 0.3) is 0 Å². The van der Waals surface area contributed by atoms with Crippen molar-refractivity contribution in [2.24, 2.45) is 5.92 Å². The van der Waals surface area contributed by atoms with Crippen molar-refractivity contribution >= 4 is 5.91 Å². The van der Waals surface area contributed by atoms with Crippen LogP contribution in [0.1, 0.15) is 52.4 Å². The van der Waals surface area contributed by atoms with Crippen LogP contribution < -0.4 is 10.6 Å². The van der Waals surface area contributed by atoms with E-state index in [0.717, 1.165) is 32.0 Å². The summed E-state index contributed by atoms with van der Waals surface area (Å²) >= 11 is 0. The Morgan fingerprint density at radius 3 is 2.80 bits per heavy atom. The molecular formula is C16H31N3O. The third-order valence-electron chi connectivity index (χ3n) is 4.83. The van der Waals surface area contributed by atoms with Crippen LogP contribution in [0.2, 0.25) is 0 Å². The predicted octanol–water partition coefficient (Wildman–Crippen LogP) is 1.76. The van der Waals surface area contributed by atoms with E-state index >= 15 is 0 Å². The third-order valence-corrected chi connectivity index (χ3v) is 4.83. The van der Waals surface area contributed by atoms with Crippen LogP contribution in [0.3, 0.4) is 0 Å². The second-order valence-corrected chi connectivity index (χ2v) is 6.73. The zero-order chi connectivity index (χ0) is 14.4. The Bertz CT molecular complexity index is 302. The van der Waals surface area contributed by atoms with Gasteiger partial charge in [0.05, 0.1) is 6.54 Å². The standard InChI is InChI=1S/C16H31N3O/c1-13-11-19(14(2)10-18-13)12-16(20)17-9-5-8-15-6-3-4-7-15/h13-15,18H,3-12H2,1-2H3,(H,17,20)/t13-,14+/m1/s1. The Hall–Kier alpha value is -0.610. The molecule has 0 spiro atoms. The summed E-state index contributed by atoms with van der Waals surface area (Å²) in [7, 11) is 0. The zero-order valence-electron chi connectivity index (χ0n) is 13.2. The summed E-state index contributed by atoms with van der Waals surface area (Å²) in [5, 5.41) is 6.53. The molecular weight excluding hydrogens is 250 g/mol. The predicted molar refractivity (Wildman–Crippen MR) is 82.7 cm³/mol. The molecule has 0 aromatic carbocycles.